The molecule has 3 heteroatoms. The number of benzene rings is 2. The highest BCUT2D eigenvalue weighted by Gasteiger charge is 1.98. The molecule has 0 saturated carbocycles. The van der Waals surface area contributed by atoms with Gasteiger partial charge in [0.25, 0.3) is 0 Å². The monoisotopic (exact) mass is 382 g/mol. The first-order chi connectivity index (χ1) is 13.5. The van der Waals surface area contributed by atoms with Crippen molar-refractivity contribution in [2.24, 2.45) is 0 Å². The number of ether oxygens (including phenoxy) is 1. The molecule has 0 atom stereocenters. The van der Waals surface area contributed by atoms with E-state index >= 15 is 0 Å². The van der Waals surface area contributed by atoms with Gasteiger partial charge in [-0.1, -0.05) is 94.5 Å². The van der Waals surface area contributed by atoms with Gasteiger partial charge in [0.05, 0.1) is 6.61 Å². The van der Waals surface area contributed by atoms with Crippen molar-refractivity contribution in [1.82, 2.24) is 0 Å². The van der Waals surface area contributed by atoms with E-state index in [2.05, 4.69) is 62.0 Å². The van der Waals surface area contributed by atoms with Crippen molar-refractivity contribution in [3.05, 3.63) is 66.7 Å². The Labute approximate surface area is 170 Å². The highest BCUT2D eigenvalue weighted by Crippen LogP contribution is 2.22. The van der Waals surface area contributed by atoms with Crippen molar-refractivity contribution in [3.63, 3.8) is 0 Å². The summed E-state index contributed by atoms with van der Waals surface area (Å²) in [5.41, 5.74) is 2.67. The smallest absolute Gasteiger partial charge is 0.330 e. The van der Waals surface area contributed by atoms with Crippen LogP contribution in [0.5, 0.6) is 5.75 Å². The third kappa shape index (κ3) is 10.6. The van der Waals surface area contributed by atoms with Gasteiger partial charge in [-0.25, -0.2) is 4.79 Å². The molecular formula is C25H34O3. The molecule has 152 valence electrons. The van der Waals surface area contributed by atoms with Crippen LogP contribution in [0.3, 0.4) is 0 Å². The normalized spacial score (nSPS) is 9.93. The predicted molar refractivity (Wildman–Crippen MR) is 118 cm³/mol. The summed E-state index contributed by atoms with van der Waals surface area (Å²) in [7, 11) is 0. The van der Waals surface area contributed by atoms with Crippen molar-refractivity contribution >= 4 is 5.97 Å². The molecule has 28 heavy (non-hydrogen) atoms. The Kier molecular flexibility index (Phi) is 12.2. The second-order valence-corrected chi connectivity index (χ2v) is 6.95. The Morgan fingerprint density at radius 3 is 1.89 bits per heavy atom. The molecule has 3 nitrogen and oxygen atoms in total. The van der Waals surface area contributed by atoms with Crippen molar-refractivity contribution in [2.75, 3.05) is 6.61 Å². The third-order valence-corrected chi connectivity index (χ3v) is 4.34. The van der Waals surface area contributed by atoms with Crippen LogP contribution >= 0.6 is 0 Å². The van der Waals surface area contributed by atoms with Gasteiger partial charge in [0.15, 0.2) is 0 Å². The molecule has 0 radical (unpaired) electrons. The molecule has 0 fully saturated rings. The average Bonchev–Trinajstić information content (AvgIpc) is 2.71. The minimum atomic E-state index is -0.935. The molecule has 0 saturated heterocycles. The van der Waals surface area contributed by atoms with Crippen LogP contribution in [0.2, 0.25) is 0 Å². The zero-order chi connectivity index (χ0) is 20.6. The van der Waals surface area contributed by atoms with E-state index in [0.29, 0.717) is 0 Å². The topological polar surface area (TPSA) is 46.5 Å². The average molecular weight is 383 g/mol. The Morgan fingerprint density at radius 2 is 1.36 bits per heavy atom. The van der Waals surface area contributed by atoms with Crippen LogP contribution in [0, 0.1) is 0 Å². The number of carbonyl (C=O) groups is 1. The van der Waals surface area contributed by atoms with Gasteiger partial charge in [0.2, 0.25) is 0 Å². The fourth-order valence-electron chi connectivity index (χ4n) is 2.62. The summed E-state index contributed by atoms with van der Waals surface area (Å²) in [5, 5.41) is 7.89. The molecule has 0 spiro atoms. The minimum absolute atomic E-state index is 0.176. The fraction of sp³-hybridized carbons (Fsp3) is 0.400. The number of unbranched alkanes of at least 4 members (excludes halogenated alkanes) is 6. The molecule has 2 rings (SSSR count). The van der Waals surface area contributed by atoms with E-state index in [1.54, 1.807) is 0 Å². The van der Waals surface area contributed by atoms with Gasteiger partial charge in [0.1, 0.15) is 5.75 Å². The van der Waals surface area contributed by atoms with Gasteiger partial charge in [-0.15, -0.1) is 0 Å². The highest BCUT2D eigenvalue weighted by atomic mass is 16.5. The molecule has 0 heterocycles. The molecule has 0 aliphatic rings. The van der Waals surface area contributed by atoms with E-state index in [9.17, 15) is 4.79 Å². The van der Waals surface area contributed by atoms with E-state index in [-0.39, 0.29) is 5.57 Å². The first kappa shape index (κ1) is 23.5. The zero-order valence-corrected chi connectivity index (χ0v) is 17.3. The molecule has 0 unspecified atom stereocenters. The molecule has 0 aromatic heterocycles. The van der Waals surface area contributed by atoms with Crippen LogP contribution < -0.4 is 4.74 Å². The summed E-state index contributed by atoms with van der Waals surface area (Å²) < 4.78 is 5.82. The minimum Gasteiger partial charge on any atom is -0.494 e. The Bertz CT molecular complexity index is 663. The molecule has 0 aliphatic carbocycles. The molecular weight excluding hydrogens is 348 g/mol. The maximum Gasteiger partial charge on any atom is 0.330 e. The quantitative estimate of drug-likeness (QED) is 0.332. The summed E-state index contributed by atoms with van der Waals surface area (Å²) in [4.78, 5) is 9.60. The lowest BCUT2D eigenvalue weighted by Gasteiger charge is -2.07. The molecule has 2 aromatic rings. The highest BCUT2D eigenvalue weighted by molar-refractivity contribution is 5.84. The Balaban J connectivity index is 0.000000568. The van der Waals surface area contributed by atoms with Gasteiger partial charge in [-0.2, -0.15) is 0 Å². The number of carboxylic acid groups (broad SMARTS) is 1. The van der Waals surface area contributed by atoms with Crippen molar-refractivity contribution in [2.45, 2.75) is 58.8 Å². The number of aliphatic carboxylic acids is 1. The standard InChI is InChI=1S/C21H28O.C4H6O2/c1-2-3-4-5-6-7-11-18-22-21-16-14-20(15-17-21)19-12-9-8-10-13-19;1-3(2)4(5)6/h8-10,12-17H,2-7,11,18H2,1H3;1H2,2H3,(H,5,6). The van der Waals surface area contributed by atoms with Gasteiger partial charge in [-0.05, 0) is 36.6 Å². The second kappa shape index (κ2) is 14.5. The first-order valence-electron chi connectivity index (χ1n) is 10.2. The lowest BCUT2D eigenvalue weighted by molar-refractivity contribution is -0.132. The Hall–Kier alpha value is -2.55. The zero-order valence-electron chi connectivity index (χ0n) is 17.3. The largest absolute Gasteiger partial charge is 0.494 e. The molecule has 2 aromatic carbocycles. The number of rotatable bonds is 11. The predicted octanol–water partition coefficient (Wildman–Crippen LogP) is 7.13. The van der Waals surface area contributed by atoms with E-state index in [4.69, 9.17) is 9.84 Å². The van der Waals surface area contributed by atoms with Gasteiger partial charge >= 0.3 is 5.97 Å². The maximum absolute atomic E-state index is 9.60. The SMILES string of the molecule is C=C(C)C(=O)O.CCCCCCCCCOc1ccc(-c2ccccc2)cc1. The van der Waals surface area contributed by atoms with Gasteiger partial charge < -0.3 is 9.84 Å². The molecule has 1 N–H and O–H groups in total. The van der Waals surface area contributed by atoms with Crippen LogP contribution in [-0.4, -0.2) is 17.7 Å². The fourth-order valence-corrected chi connectivity index (χ4v) is 2.62. The summed E-state index contributed by atoms with van der Waals surface area (Å²) in [5.74, 6) is 0.0423. The van der Waals surface area contributed by atoms with Crippen LogP contribution in [0.1, 0.15) is 58.8 Å². The van der Waals surface area contributed by atoms with Crippen LogP contribution in [0.4, 0.5) is 0 Å². The van der Waals surface area contributed by atoms with E-state index in [1.165, 1.54) is 56.6 Å². The van der Waals surface area contributed by atoms with Crippen molar-refractivity contribution in [1.29, 1.82) is 0 Å². The van der Waals surface area contributed by atoms with Crippen molar-refractivity contribution < 1.29 is 14.6 Å². The second-order valence-electron chi connectivity index (χ2n) is 6.95. The van der Waals surface area contributed by atoms with Crippen LogP contribution in [-0.2, 0) is 4.79 Å². The first-order valence-corrected chi connectivity index (χ1v) is 10.2. The molecule has 0 aliphatic heterocycles. The van der Waals surface area contributed by atoms with E-state index in [0.717, 1.165) is 18.8 Å². The van der Waals surface area contributed by atoms with E-state index < -0.39 is 5.97 Å². The lowest BCUT2D eigenvalue weighted by atomic mass is 10.1. The summed E-state index contributed by atoms with van der Waals surface area (Å²) >= 11 is 0. The molecule has 0 amide bonds. The van der Waals surface area contributed by atoms with Crippen molar-refractivity contribution in [3.8, 4) is 16.9 Å². The summed E-state index contributed by atoms with van der Waals surface area (Å²) in [6, 6.07) is 18.9. The Morgan fingerprint density at radius 1 is 0.857 bits per heavy atom. The lowest BCUT2D eigenvalue weighted by Crippen LogP contribution is -1.97. The third-order valence-electron chi connectivity index (χ3n) is 4.34. The van der Waals surface area contributed by atoms with Crippen LogP contribution in [0.25, 0.3) is 11.1 Å². The number of hydrogen-bond acceptors (Lipinski definition) is 2. The van der Waals surface area contributed by atoms with E-state index in [1.807, 2.05) is 6.07 Å². The number of hydrogen-bond donors (Lipinski definition) is 1. The summed E-state index contributed by atoms with van der Waals surface area (Å²) in [6.45, 7) is 7.69. The molecule has 0 bridgehead atoms. The maximum atomic E-state index is 9.60. The van der Waals surface area contributed by atoms with Gasteiger partial charge in [0, 0.05) is 5.57 Å². The van der Waals surface area contributed by atoms with Gasteiger partial charge in [-0.3, -0.25) is 0 Å². The van der Waals surface area contributed by atoms with Crippen LogP contribution in [0.15, 0.2) is 66.7 Å². The number of carboxylic acids is 1. The summed E-state index contributed by atoms with van der Waals surface area (Å²) in [6.07, 6.45) is 9.25.